The van der Waals surface area contributed by atoms with Crippen LogP contribution < -0.4 is 5.32 Å². The molecule has 0 aliphatic heterocycles. The molecule has 26 heavy (non-hydrogen) atoms. The van der Waals surface area contributed by atoms with Crippen LogP contribution in [0.2, 0.25) is 0 Å². The van der Waals surface area contributed by atoms with E-state index in [0.717, 1.165) is 17.7 Å². The maximum absolute atomic E-state index is 12.9. The zero-order valence-electron chi connectivity index (χ0n) is 14.4. The minimum absolute atomic E-state index is 0.0449. The number of hydrogen-bond donors (Lipinski definition) is 1. The Hall–Kier alpha value is -2.60. The SMILES string of the molecule is Cc1noc(CSc2ccccc2C(=O)NC2CCc3ccccc32)n1. The number of nitrogens with zero attached hydrogens (tertiary/aromatic N) is 2. The summed E-state index contributed by atoms with van der Waals surface area (Å²) in [5.74, 6) is 1.67. The highest BCUT2D eigenvalue weighted by atomic mass is 32.2. The topological polar surface area (TPSA) is 68.0 Å². The van der Waals surface area contributed by atoms with Gasteiger partial charge in [0.25, 0.3) is 5.91 Å². The van der Waals surface area contributed by atoms with Crippen LogP contribution in [0.25, 0.3) is 0 Å². The highest BCUT2D eigenvalue weighted by molar-refractivity contribution is 7.98. The summed E-state index contributed by atoms with van der Waals surface area (Å²) in [6.07, 6.45) is 1.95. The van der Waals surface area contributed by atoms with Crippen molar-refractivity contribution in [1.29, 1.82) is 0 Å². The standard InChI is InChI=1S/C20H19N3O2S/c1-13-21-19(25-23-13)12-26-18-9-5-4-8-16(18)20(24)22-17-11-10-14-6-2-3-7-15(14)17/h2-9,17H,10-12H2,1H3,(H,22,24). The first-order chi connectivity index (χ1) is 12.7. The van der Waals surface area contributed by atoms with Crippen LogP contribution in [0.3, 0.4) is 0 Å². The van der Waals surface area contributed by atoms with Crippen molar-refractivity contribution in [3.63, 3.8) is 0 Å². The van der Waals surface area contributed by atoms with E-state index >= 15 is 0 Å². The van der Waals surface area contributed by atoms with E-state index in [0.29, 0.717) is 23.0 Å². The van der Waals surface area contributed by atoms with E-state index in [1.54, 1.807) is 6.92 Å². The zero-order chi connectivity index (χ0) is 17.9. The van der Waals surface area contributed by atoms with Crippen LogP contribution in [-0.2, 0) is 12.2 Å². The van der Waals surface area contributed by atoms with Crippen molar-refractivity contribution >= 4 is 17.7 Å². The third-order valence-corrected chi connectivity index (χ3v) is 5.55. The molecule has 1 N–H and O–H groups in total. The maximum Gasteiger partial charge on any atom is 0.252 e. The summed E-state index contributed by atoms with van der Waals surface area (Å²) in [6, 6.07) is 16.0. The molecule has 0 spiro atoms. The second kappa shape index (κ2) is 7.33. The van der Waals surface area contributed by atoms with Crippen LogP contribution in [0.5, 0.6) is 0 Å². The Morgan fingerprint density at radius 1 is 1.23 bits per heavy atom. The number of rotatable bonds is 5. The Kier molecular flexibility index (Phi) is 4.75. The summed E-state index contributed by atoms with van der Waals surface area (Å²) in [4.78, 5) is 18.0. The molecule has 1 amide bonds. The molecule has 1 atom stereocenters. The van der Waals surface area contributed by atoms with Crippen LogP contribution in [0.1, 0.15) is 45.7 Å². The summed E-state index contributed by atoms with van der Waals surface area (Å²) in [6.45, 7) is 1.79. The molecule has 1 heterocycles. The minimum Gasteiger partial charge on any atom is -0.345 e. The number of benzene rings is 2. The molecule has 5 nitrogen and oxygen atoms in total. The minimum atomic E-state index is -0.0449. The van der Waals surface area contributed by atoms with Crippen molar-refractivity contribution in [2.75, 3.05) is 0 Å². The Labute approximate surface area is 156 Å². The Bertz CT molecular complexity index is 938. The third-order valence-electron chi connectivity index (χ3n) is 4.49. The van der Waals surface area contributed by atoms with Crippen LogP contribution in [0.4, 0.5) is 0 Å². The highest BCUT2D eigenvalue weighted by Gasteiger charge is 2.24. The third kappa shape index (κ3) is 3.51. The lowest BCUT2D eigenvalue weighted by atomic mass is 10.1. The molecule has 1 aliphatic rings. The van der Waals surface area contributed by atoms with Gasteiger partial charge in [0, 0.05) is 4.90 Å². The lowest BCUT2D eigenvalue weighted by Crippen LogP contribution is -2.27. The first kappa shape index (κ1) is 16.8. The zero-order valence-corrected chi connectivity index (χ0v) is 15.3. The van der Waals surface area contributed by atoms with E-state index < -0.39 is 0 Å². The maximum atomic E-state index is 12.9. The number of aryl methyl sites for hydroxylation is 2. The molecule has 4 rings (SSSR count). The van der Waals surface area contributed by atoms with Crippen molar-refractivity contribution in [3.8, 4) is 0 Å². The van der Waals surface area contributed by atoms with E-state index in [4.69, 9.17) is 4.52 Å². The number of aromatic nitrogens is 2. The predicted octanol–water partition coefficient (Wildman–Crippen LogP) is 4.09. The van der Waals surface area contributed by atoms with E-state index in [1.165, 1.54) is 22.9 Å². The summed E-state index contributed by atoms with van der Waals surface area (Å²) in [5, 5.41) is 6.99. The van der Waals surface area contributed by atoms with Crippen molar-refractivity contribution in [3.05, 3.63) is 76.9 Å². The van der Waals surface area contributed by atoms with Gasteiger partial charge in [-0.3, -0.25) is 4.79 Å². The normalized spacial score (nSPS) is 15.7. The summed E-state index contributed by atoms with van der Waals surface area (Å²) in [7, 11) is 0. The predicted molar refractivity (Wildman–Crippen MR) is 100 cm³/mol. The smallest absolute Gasteiger partial charge is 0.252 e. The Morgan fingerprint density at radius 2 is 2.04 bits per heavy atom. The van der Waals surface area contributed by atoms with Gasteiger partial charge in [0.2, 0.25) is 5.89 Å². The fraction of sp³-hybridized carbons (Fsp3) is 0.250. The van der Waals surface area contributed by atoms with Gasteiger partial charge >= 0.3 is 0 Å². The number of fused-ring (bicyclic) bond motifs is 1. The van der Waals surface area contributed by atoms with Gasteiger partial charge in [-0.1, -0.05) is 41.6 Å². The van der Waals surface area contributed by atoms with Gasteiger partial charge in [0.1, 0.15) is 0 Å². The molecule has 132 valence electrons. The van der Waals surface area contributed by atoms with Crippen molar-refractivity contribution in [2.45, 2.75) is 36.5 Å². The van der Waals surface area contributed by atoms with Gasteiger partial charge in [-0.05, 0) is 43.0 Å². The molecule has 2 aromatic carbocycles. The van der Waals surface area contributed by atoms with Gasteiger partial charge in [-0.2, -0.15) is 4.98 Å². The number of amides is 1. The summed E-state index contributed by atoms with van der Waals surface area (Å²) in [5.41, 5.74) is 3.23. The fourth-order valence-corrected chi connectivity index (χ4v) is 4.15. The van der Waals surface area contributed by atoms with E-state index in [-0.39, 0.29) is 11.9 Å². The second-order valence-corrected chi connectivity index (χ2v) is 7.30. The van der Waals surface area contributed by atoms with Gasteiger partial charge < -0.3 is 9.84 Å². The molecule has 0 radical (unpaired) electrons. The second-order valence-electron chi connectivity index (χ2n) is 6.28. The summed E-state index contributed by atoms with van der Waals surface area (Å²) >= 11 is 1.53. The molecule has 0 bridgehead atoms. The van der Waals surface area contributed by atoms with Crippen LogP contribution >= 0.6 is 11.8 Å². The lowest BCUT2D eigenvalue weighted by molar-refractivity contribution is 0.0933. The highest BCUT2D eigenvalue weighted by Crippen LogP contribution is 2.32. The van der Waals surface area contributed by atoms with Crippen LogP contribution in [0, 0.1) is 6.92 Å². The van der Waals surface area contributed by atoms with Crippen LogP contribution in [-0.4, -0.2) is 16.0 Å². The van der Waals surface area contributed by atoms with E-state index in [1.807, 2.05) is 36.4 Å². The molecule has 1 unspecified atom stereocenters. The number of carbonyl (C=O) groups is 1. The van der Waals surface area contributed by atoms with Gasteiger partial charge in [-0.15, -0.1) is 11.8 Å². The first-order valence-corrected chi connectivity index (χ1v) is 9.59. The quantitative estimate of drug-likeness (QED) is 0.690. The molecule has 1 aromatic heterocycles. The molecule has 3 aromatic rings. The van der Waals surface area contributed by atoms with Gasteiger partial charge in [0.15, 0.2) is 5.82 Å². The average molecular weight is 365 g/mol. The largest absolute Gasteiger partial charge is 0.345 e. The Balaban J connectivity index is 1.48. The molecular formula is C20H19N3O2S. The number of hydrogen-bond acceptors (Lipinski definition) is 5. The van der Waals surface area contributed by atoms with Gasteiger partial charge in [0.05, 0.1) is 17.4 Å². The molecule has 6 heteroatoms. The van der Waals surface area contributed by atoms with Gasteiger partial charge in [-0.25, -0.2) is 0 Å². The van der Waals surface area contributed by atoms with Crippen molar-refractivity contribution < 1.29 is 9.32 Å². The molecule has 1 aliphatic carbocycles. The molecular weight excluding hydrogens is 346 g/mol. The first-order valence-electron chi connectivity index (χ1n) is 8.60. The molecule has 0 saturated carbocycles. The lowest BCUT2D eigenvalue weighted by Gasteiger charge is -2.15. The number of nitrogens with one attached hydrogen (secondary N) is 1. The summed E-state index contributed by atoms with van der Waals surface area (Å²) < 4.78 is 5.15. The van der Waals surface area contributed by atoms with Crippen molar-refractivity contribution in [2.24, 2.45) is 0 Å². The molecule has 0 saturated heterocycles. The fourth-order valence-electron chi connectivity index (χ4n) is 3.26. The average Bonchev–Trinajstić information content (AvgIpc) is 3.27. The van der Waals surface area contributed by atoms with E-state index in [9.17, 15) is 4.79 Å². The van der Waals surface area contributed by atoms with E-state index in [2.05, 4.69) is 27.6 Å². The monoisotopic (exact) mass is 365 g/mol. The number of carbonyl (C=O) groups excluding carboxylic acids is 1. The van der Waals surface area contributed by atoms with Crippen molar-refractivity contribution in [1.82, 2.24) is 15.5 Å². The number of thioether (sulfide) groups is 1. The molecule has 0 fully saturated rings. The Morgan fingerprint density at radius 3 is 2.88 bits per heavy atom. The van der Waals surface area contributed by atoms with Crippen LogP contribution in [0.15, 0.2) is 57.9 Å².